The second kappa shape index (κ2) is 8.59. The van der Waals surface area contributed by atoms with Gasteiger partial charge in [-0.3, -0.25) is 14.6 Å². The standard InChI is InChI=1S/C22H19NO2S/c1-16-11-12-23-20(13-16)22(25)14-21(24)18-7-9-19(10-8-18)26-15-17-5-3-2-4-6-17/h2-13H,14-15H2,1H3. The molecule has 0 aliphatic rings. The molecule has 4 heteroatoms. The Morgan fingerprint density at radius 3 is 2.35 bits per heavy atom. The summed E-state index contributed by atoms with van der Waals surface area (Å²) in [6.45, 7) is 1.89. The summed E-state index contributed by atoms with van der Waals surface area (Å²) in [5, 5.41) is 0. The zero-order valence-electron chi connectivity index (χ0n) is 14.5. The SMILES string of the molecule is Cc1ccnc(C(=O)CC(=O)c2ccc(SCc3ccccc3)cc2)c1. The summed E-state index contributed by atoms with van der Waals surface area (Å²) in [6.07, 6.45) is 1.43. The summed E-state index contributed by atoms with van der Waals surface area (Å²) in [4.78, 5) is 29.7. The average molecular weight is 361 g/mol. The maximum atomic E-state index is 12.3. The highest BCUT2D eigenvalue weighted by atomic mass is 32.2. The lowest BCUT2D eigenvalue weighted by atomic mass is 10.0. The summed E-state index contributed by atoms with van der Waals surface area (Å²) >= 11 is 1.72. The van der Waals surface area contributed by atoms with Crippen molar-refractivity contribution >= 4 is 23.3 Å². The fourth-order valence-corrected chi connectivity index (χ4v) is 3.36. The third-order valence-corrected chi connectivity index (χ3v) is 5.03. The quantitative estimate of drug-likeness (QED) is 0.332. The van der Waals surface area contributed by atoms with Gasteiger partial charge in [0.25, 0.3) is 0 Å². The van der Waals surface area contributed by atoms with E-state index in [4.69, 9.17) is 0 Å². The molecule has 26 heavy (non-hydrogen) atoms. The third-order valence-electron chi connectivity index (χ3n) is 3.95. The maximum Gasteiger partial charge on any atom is 0.188 e. The predicted octanol–water partition coefficient (Wildman–Crippen LogP) is 5.14. The number of benzene rings is 2. The molecule has 3 nitrogen and oxygen atoms in total. The van der Waals surface area contributed by atoms with Crippen molar-refractivity contribution in [1.82, 2.24) is 4.98 Å². The van der Waals surface area contributed by atoms with Crippen LogP contribution in [0.25, 0.3) is 0 Å². The second-order valence-corrected chi connectivity index (χ2v) is 7.09. The van der Waals surface area contributed by atoms with Crippen molar-refractivity contribution in [2.45, 2.75) is 24.0 Å². The minimum Gasteiger partial charge on any atom is -0.294 e. The van der Waals surface area contributed by atoms with Gasteiger partial charge in [-0.05, 0) is 42.3 Å². The Balaban J connectivity index is 1.59. The van der Waals surface area contributed by atoms with Crippen molar-refractivity contribution < 1.29 is 9.59 Å². The zero-order chi connectivity index (χ0) is 18.4. The molecule has 0 unspecified atom stereocenters. The number of hydrogen-bond acceptors (Lipinski definition) is 4. The summed E-state index contributed by atoms with van der Waals surface area (Å²) in [7, 11) is 0. The number of hydrogen-bond donors (Lipinski definition) is 0. The first-order valence-electron chi connectivity index (χ1n) is 8.37. The van der Waals surface area contributed by atoms with Crippen LogP contribution in [0.2, 0.25) is 0 Å². The highest BCUT2D eigenvalue weighted by Gasteiger charge is 2.15. The molecule has 0 fully saturated rings. The predicted molar refractivity (Wildman–Crippen MR) is 105 cm³/mol. The van der Waals surface area contributed by atoms with Gasteiger partial charge in [-0.1, -0.05) is 42.5 Å². The van der Waals surface area contributed by atoms with Crippen molar-refractivity contribution in [3.63, 3.8) is 0 Å². The van der Waals surface area contributed by atoms with Crippen LogP contribution in [-0.2, 0) is 5.75 Å². The highest BCUT2D eigenvalue weighted by molar-refractivity contribution is 7.98. The van der Waals surface area contributed by atoms with Gasteiger partial charge in [-0.2, -0.15) is 0 Å². The smallest absolute Gasteiger partial charge is 0.188 e. The highest BCUT2D eigenvalue weighted by Crippen LogP contribution is 2.23. The minimum absolute atomic E-state index is 0.160. The Bertz CT molecular complexity index is 905. The van der Waals surface area contributed by atoms with Crippen LogP contribution in [0.5, 0.6) is 0 Å². The molecule has 0 aliphatic heterocycles. The van der Waals surface area contributed by atoms with E-state index >= 15 is 0 Å². The Hall–Kier alpha value is -2.72. The van der Waals surface area contributed by atoms with E-state index in [9.17, 15) is 9.59 Å². The molecule has 0 saturated carbocycles. The second-order valence-electron chi connectivity index (χ2n) is 6.04. The fraction of sp³-hybridized carbons (Fsp3) is 0.136. The first-order valence-corrected chi connectivity index (χ1v) is 9.36. The van der Waals surface area contributed by atoms with Gasteiger partial charge in [0.05, 0.1) is 6.42 Å². The molecule has 2 aromatic carbocycles. The molecule has 0 radical (unpaired) electrons. The average Bonchev–Trinajstić information content (AvgIpc) is 2.67. The molecule has 130 valence electrons. The molecule has 3 aromatic rings. The van der Waals surface area contributed by atoms with Crippen LogP contribution in [0.4, 0.5) is 0 Å². The topological polar surface area (TPSA) is 47.0 Å². The molecule has 3 rings (SSSR count). The number of ketones is 2. The number of aryl methyl sites for hydroxylation is 1. The van der Waals surface area contributed by atoms with E-state index in [2.05, 4.69) is 17.1 Å². The van der Waals surface area contributed by atoms with Crippen LogP contribution in [-0.4, -0.2) is 16.6 Å². The summed E-state index contributed by atoms with van der Waals surface area (Å²) in [6, 6.07) is 21.2. The number of Topliss-reactive ketones (excluding diaryl/α,β-unsaturated/α-hetero) is 2. The normalized spacial score (nSPS) is 10.5. The molecule has 0 aliphatic carbocycles. The minimum atomic E-state index is -0.249. The number of rotatable bonds is 7. The number of nitrogens with zero attached hydrogens (tertiary/aromatic N) is 1. The lowest BCUT2D eigenvalue weighted by molar-refractivity contribution is 0.0891. The van der Waals surface area contributed by atoms with Crippen LogP contribution < -0.4 is 0 Å². The molecule has 0 spiro atoms. The first kappa shape index (κ1) is 18.1. The molecule has 0 N–H and O–H groups in total. The molecule has 0 atom stereocenters. The van der Waals surface area contributed by atoms with Crippen LogP contribution in [0.1, 0.15) is 38.4 Å². The van der Waals surface area contributed by atoms with E-state index in [1.807, 2.05) is 43.3 Å². The van der Waals surface area contributed by atoms with Gasteiger partial charge in [0, 0.05) is 22.4 Å². The zero-order valence-corrected chi connectivity index (χ0v) is 15.3. The van der Waals surface area contributed by atoms with Gasteiger partial charge in [-0.25, -0.2) is 0 Å². The van der Waals surface area contributed by atoms with E-state index in [1.54, 1.807) is 36.2 Å². The van der Waals surface area contributed by atoms with Gasteiger partial charge in [0.1, 0.15) is 5.69 Å². The van der Waals surface area contributed by atoms with Crippen LogP contribution >= 0.6 is 11.8 Å². The molecular formula is C22H19NO2S. The third kappa shape index (κ3) is 4.90. The van der Waals surface area contributed by atoms with Gasteiger partial charge < -0.3 is 0 Å². The van der Waals surface area contributed by atoms with Crippen LogP contribution in [0.15, 0.2) is 77.8 Å². The van der Waals surface area contributed by atoms with Gasteiger partial charge >= 0.3 is 0 Å². The van der Waals surface area contributed by atoms with Gasteiger partial charge in [-0.15, -0.1) is 11.8 Å². The summed E-state index contributed by atoms with van der Waals surface area (Å²) in [5.41, 5.74) is 3.10. The summed E-state index contributed by atoms with van der Waals surface area (Å²) < 4.78 is 0. The number of pyridine rings is 1. The maximum absolute atomic E-state index is 12.3. The van der Waals surface area contributed by atoms with Crippen LogP contribution in [0, 0.1) is 6.92 Å². The lowest BCUT2D eigenvalue weighted by Crippen LogP contribution is -2.10. The number of thioether (sulfide) groups is 1. The fourth-order valence-electron chi connectivity index (χ4n) is 2.51. The van der Waals surface area contributed by atoms with E-state index in [-0.39, 0.29) is 18.0 Å². The molecule has 0 saturated heterocycles. The van der Waals surface area contributed by atoms with E-state index in [0.717, 1.165) is 16.2 Å². The Kier molecular flexibility index (Phi) is 5.97. The Morgan fingerprint density at radius 1 is 0.923 bits per heavy atom. The number of carbonyl (C=O) groups is 2. The van der Waals surface area contributed by atoms with Crippen molar-refractivity contribution in [2.75, 3.05) is 0 Å². The van der Waals surface area contributed by atoms with E-state index < -0.39 is 0 Å². The number of carbonyl (C=O) groups excluding carboxylic acids is 2. The van der Waals surface area contributed by atoms with E-state index in [1.165, 1.54) is 5.56 Å². The van der Waals surface area contributed by atoms with Crippen molar-refractivity contribution in [3.8, 4) is 0 Å². The van der Waals surface area contributed by atoms with Crippen molar-refractivity contribution in [3.05, 3.63) is 95.3 Å². The molecule has 1 heterocycles. The monoisotopic (exact) mass is 361 g/mol. The van der Waals surface area contributed by atoms with Gasteiger partial charge in [0.15, 0.2) is 11.6 Å². The van der Waals surface area contributed by atoms with E-state index in [0.29, 0.717) is 11.3 Å². The molecule has 0 bridgehead atoms. The van der Waals surface area contributed by atoms with Crippen molar-refractivity contribution in [2.24, 2.45) is 0 Å². The largest absolute Gasteiger partial charge is 0.294 e. The first-order chi connectivity index (χ1) is 12.6. The van der Waals surface area contributed by atoms with Crippen LogP contribution in [0.3, 0.4) is 0 Å². The summed E-state index contributed by atoms with van der Waals surface area (Å²) in [5.74, 6) is 0.449. The molecule has 0 amide bonds. The van der Waals surface area contributed by atoms with Gasteiger partial charge in [0.2, 0.25) is 0 Å². The Morgan fingerprint density at radius 2 is 1.65 bits per heavy atom. The molecule has 1 aromatic heterocycles. The Labute approximate surface area is 157 Å². The van der Waals surface area contributed by atoms with Crippen molar-refractivity contribution in [1.29, 1.82) is 0 Å². The molecular weight excluding hydrogens is 342 g/mol. The number of aromatic nitrogens is 1. The lowest BCUT2D eigenvalue weighted by Gasteiger charge is -2.05.